The van der Waals surface area contributed by atoms with E-state index < -0.39 is 11.6 Å². The van der Waals surface area contributed by atoms with Crippen LogP contribution in [0.25, 0.3) is 0 Å². The molecule has 0 aliphatic rings. The summed E-state index contributed by atoms with van der Waals surface area (Å²) in [5.41, 5.74) is 0.309. The largest absolute Gasteiger partial charge is 0.394 e. The Morgan fingerprint density at radius 1 is 1.39 bits per heavy atom. The number of aliphatic hydroxyl groups is 1. The standard InChI is InChI=1S/C13H17F2NO2/c1-8(5-13(18)16-9(2)7-17)11-4-3-10(14)6-12(11)15/h3-4,6,8-9,17H,5,7H2,1-2H3,(H,16,18). The van der Waals surface area contributed by atoms with E-state index in [1.807, 2.05) is 0 Å². The first-order valence-corrected chi connectivity index (χ1v) is 5.79. The molecule has 0 saturated heterocycles. The molecule has 1 aromatic rings. The zero-order valence-electron chi connectivity index (χ0n) is 10.4. The topological polar surface area (TPSA) is 49.3 Å². The average molecular weight is 257 g/mol. The molecule has 18 heavy (non-hydrogen) atoms. The van der Waals surface area contributed by atoms with Gasteiger partial charge >= 0.3 is 0 Å². The summed E-state index contributed by atoms with van der Waals surface area (Å²) in [7, 11) is 0. The quantitative estimate of drug-likeness (QED) is 0.847. The van der Waals surface area contributed by atoms with E-state index in [-0.39, 0.29) is 30.9 Å². The van der Waals surface area contributed by atoms with Crippen molar-refractivity contribution < 1.29 is 18.7 Å². The van der Waals surface area contributed by atoms with Crippen LogP contribution in [0.4, 0.5) is 8.78 Å². The van der Waals surface area contributed by atoms with E-state index in [0.29, 0.717) is 5.56 Å². The van der Waals surface area contributed by atoms with Gasteiger partial charge in [0.25, 0.3) is 0 Å². The fourth-order valence-corrected chi connectivity index (χ4v) is 1.67. The van der Waals surface area contributed by atoms with E-state index in [2.05, 4.69) is 5.32 Å². The molecule has 0 heterocycles. The second kappa shape index (κ2) is 6.44. The number of halogens is 2. The molecule has 0 saturated carbocycles. The van der Waals surface area contributed by atoms with Crippen molar-refractivity contribution >= 4 is 5.91 Å². The summed E-state index contributed by atoms with van der Waals surface area (Å²) in [6, 6.07) is 2.99. The first-order valence-electron chi connectivity index (χ1n) is 5.79. The lowest BCUT2D eigenvalue weighted by molar-refractivity contribution is -0.122. The lowest BCUT2D eigenvalue weighted by Gasteiger charge is -2.15. The molecule has 1 rings (SSSR count). The number of carbonyl (C=O) groups excluding carboxylic acids is 1. The summed E-state index contributed by atoms with van der Waals surface area (Å²) < 4.78 is 26.2. The van der Waals surface area contributed by atoms with Crippen molar-refractivity contribution in [1.82, 2.24) is 5.32 Å². The van der Waals surface area contributed by atoms with Gasteiger partial charge in [-0.15, -0.1) is 0 Å². The van der Waals surface area contributed by atoms with Gasteiger partial charge in [-0.2, -0.15) is 0 Å². The van der Waals surface area contributed by atoms with Crippen LogP contribution in [-0.2, 0) is 4.79 Å². The minimum atomic E-state index is -0.648. The van der Waals surface area contributed by atoms with E-state index in [1.54, 1.807) is 13.8 Å². The third-order valence-electron chi connectivity index (χ3n) is 2.67. The molecule has 0 radical (unpaired) electrons. The van der Waals surface area contributed by atoms with Crippen molar-refractivity contribution in [2.45, 2.75) is 32.2 Å². The Hall–Kier alpha value is -1.49. The Morgan fingerprint density at radius 3 is 2.61 bits per heavy atom. The molecule has 5 heteroatoms. The third kappa shape index (κ3) is 4.07. The predicted octanol–water partition coefficient (Wildman–Crippen LogP) is 1.96. The van der Waals surface area contributed by atoms with Crippen LogP contribution in [-0.4, -0.2) is 23.7 Å². The monoisotopic (exact) mass is 257 g/mol. The Kier molecular flexibility index (Phi) is 5.22. The highest BCUT2D eigenvalue weighted by Gasteiger charge is 2.16. The van der Waals surface area contributed by atoms with Gasteiger partial charge in [0, 0.05) is 18.5 Å². The van der Waals surface area contributed by atoms with Crippen LogP contribution in [0.1, 0.15) is 31.7 Å². The summed E-state index contributed by atoms with van der Waals surface area (Å²) in [4.78, 5) is 11.6. The molecule has 2 unspecified atom stereocenters. The Labute approximate surface area is 105 Å². The number of nitrogens with one attached hydrogen (secondary N) is 1. The van der Waals surface area contributed by atoms with E-state index in [4.69, 9.17) is 5.11 Å². The normalized spacial score (nSPS) is 14.1. The van der Waals surface area contributed by atoms with Crippen LogP contribution in [0.5, 0.6) is 0 Å². The summed E-state index contributed by atoms with van der Waals surface area (Å²) in [6.07, 6.45) is 0.0902. The fourth-order valence-electron chi connectivity index (χ4n) is 1.67. The number of hydrogen-bond donors (Lipinski definition) is 2. The van der Waals surface area contributed by atoms with Crippen LogP contribution in [0, 0.1) is 11.6 Å². The van der Waals surface area contributed by atoms with E-state index in [9.17, 15) is 13.6 Å². The SMILES string of the molecule is CC(CO)NC(=O)CC(C)c1ccc(F)cc1F. The van der Waals surface area contributed by atoms with Crippen LogP contribution < -0.4 is 5.32 Å². The van der Waals surface area contributed by atoms with Gasteiger partial charge in [-0.3, -0.25) is 4.79 Å². The minimum Gasteiger partial charge on any atom is -0.394 e. The van der Waals surface area contributed by atoms with Gasteiger partial charge in [0.2, 0.25) is 5.91 Å². The second-order valence-corrected chi connectivity index (χ2v) is 4.42. The van der Waals surface area contributed by atoms with Gasteiger partial charge in [-0.25, -0.2) is 8.78 Å². The van der Waals surface area contributed by atoms with Crippen molar-refractivity contribution in [3.05, 3.63) is 35.4 Å². The van der Waals surface area contributed by atoms with Crippen molar-refractivity contribution in [1.29, 1.82) is 0 Å². The lowest BCUT2D eigenvalue weighted by atomic mass is 9.96. The molecule has 0 fully saturated rings. The van der Waals surface area contributed by atoms with Crippen molar-refractivity contribution in [2.24, 2.45) is 0 Å². The number of carbonyl (C=O) groups is 1. The first-order chi connectivity index (χ1) is 8.43. The molecule has 1 aromatic carbocycles. The minimum absolute atomic E-state index is 0.0902. The Bertz CT molecular complexity index is 423. The van der Waals surface area contributed by atoms with Crippen LogP contribution >= 0.6 is 0 Å². The molecule has 2 N–H and O–H groups in total. The van der Waals surface area contributed by atoms with Crippen molar-refractivity contribution in [3.63, 3.8) is 0 Å². The maximum absolute atomic E-state index is 13.5. The van der Waals surface area contributed by atoms with Crippen molar-refractivity contribution in [3.8, 4) is 0 Å². The smallest absolute Gasteiger partial charge is 0.220 e. The molecule has 1 amide bonds. The average Bonchev–Trinajstić information content (AvgIpc) is 2.28. The number of amides is 1. The zero-order chi connectivity index (χ0) is 13.7. The van der Waals surface area contributed by atoms with Gasteiger partial charge in [-0.1, -0.05) is 13.0 Å². The third-order valence-corrected chi connectivity index (χ3v) is 2.67. The molecule has 3 nitrogen and oxygen atoms in total. The highest BCUT2D eigenvalue weighted by Crippen LogP contribution is 2.22. The van der Waals surface area contributed by atoms with Gasteiger partial charge in [0.05, 0.1) is 6.61 Å². The summed E-state index contributed by atoms with van der Waals surface area (Å²) in [6.45, 7) is 3.21. The maximum Gasteiger partial charge on any atom is 0.220 e. The number of aliphatic hydroxyl groups excluding tert-OH is 1. The maximum atomic E-state index is 13.5. The van der Waals surface area contributed by atoms with Gasteiger partial charge in [-0.05, 0) is 24.5 Å². The molecule has 0 aliphatic heterocycles. The molecule has 100 valence electrons. The van der Waals surface area contributed by atoms with Crippen LogP contribution in [0.15, 0.2) is 18.2 Å². The van der Waals surface area contributed by atoms with E-state index in [0.717, 1.165) is 6.07 Å². The summed E-state index contributed by atoms with van der Waals surface area (Å²) in [5.74, 6) is -1.91. The van der Waals surface area contributed by atoms with E-state index in [1.165, 1.54) is 12.1 Å². The van der Waals surface area contributed by atoms with E-state index >= 15 is 0 Å². The number of hydrogen-bond acceptors (Lipinski definition) is 2. The zero-order valence-corrected chi connectivity index (χ0v) is 10.4. The predicted molar refractivity (Wildman–Crippen MR) is 64.1 cm³/mol. The highest BCUT2D eigenvalue weighted by molar-refractivity contribution is 5.77. The molecule has 0 spiro atoms. The first kappa shape index (κ1) is 14.6. The van der Waals surface area contributed by atoms with Gasteiger partial charge in [0.15, 0.2) is 0 Å². The molecule has 2 atom stereocenters. The summed E-state index contributed by atoms with van der Waals surface area (Å²) >= 11 is 0. The van der Waals surface area contributed by atoms with Crippen LogP contribution in [0.2, 0.25) is 0 Å². The molecule has 0 bridgehead atoms. The lowest BCUT2D eigenvalue weighted by Crippen LogP contribution is -2.35. The fraction of sp³-hybridized carbons (Fsp3) is 0.462. The van der Waals surface area contributed by atoms with Gasteiger partial charge in [0.1, 0.15) is 11.6 Å². The molecule has 0 aliphatic carbocycles. The molecular weight excluding hydrogens is 240 g/mol. The number of benzene rings is 1. The van der Waals surface area contributed by atoms with Crippen LogP contribution in [0.3, 0.4) is 0 Å². The van der Waals surface area contributed by atoms with Gasteiger partial charge < -0.3 is 10.4 Å². The molecule has 0 aromatic heterocycles. The molecular formula is C13H17F2NO2. The van der Waals surface area contributed by atoms with Crippen molar-refractivity contribution in [2.75, 3.05) is 6.61 Å². The Balaban J connectivity index is 2.64. The second-order valence-electron chi connectivity index (χ2n) is 4.42. The number of rotatable bonds is 5. The highest BCUT2D eigenvalue weighted by atomic mass is 19.1. The summed E-state index contributed by atoms with van der Waals surface area (Å²) in [5, 5.41) is 11.4. The Morgan fingerprint density at radius 2 is 2.06 bits per heavy atom.